The van der Waals surface area contributed by atoms with Crippen molar-refractivity contribution in [1.29, 1.82) is 0 Å². The Balaban J connectivity index is 2.73. The maximum atomic E-state index is 12.1. The molecule has 94 valence electrons. The van der Waals surface area contributed by atoms with Crippen LogP contribution in [0.4, 0.5) is 14.6 Å². The number of alkyl halides is 2. The number of aromatic amines is 1. The molecule has 0 aliphatic rings. The van der Waals surface area contributed by atoms with Crippen molar-refractivity contribution >= 4 is 11.7 Å². The molecule has 7 nitrogen and oxygen atoms in total. The van der Waals surface area contributed by atoms with Crippen molar-refractivity contribution in [3.8, 4) is 0 Å². The highest BCUT2D eigenvalue weighted by Gasteiger charge is 2.10. The maximum absolute atomic E-state index is 12.1. The van der Waals surface area contributed by atoms with Crippen molar-refractivity contribution in [1.82, 2.24) is 15.2 Å². The molecule has 0 saturated heterocycles. The predicted molar refractivity (Wildman–Crippen MR) is 55.1 cm³/mol. The van der Waals surface area contributed by atoms with Crippen LogP contribution in [0.5, 0.6) is 0 Å². The van der Waals surface area contributed by atoms with E-state index >= 15 is 0 Å². The number of nitrogens with two attached hydrogens (primary N) is 1. The molecule has 0 spiro atoms. The second-order valence-electron chi connectivity index (χ2n) is 3.02. The zero-order valence-electron chi connectivity index (χ0n) is 8.94. The van der Waals surface area contributed by atoms with Crippen molar-refractivity contribution in [2.45, 2.75) is 0 Å². The highest BCUT2D eigenvalue weighted by atomic mass is 19.1. The first-order valence-corrected chi connectivity index (χ1v) is 4.80. The summed E-state index contributed by atoms with van der Waals surface area (Å²) in [7, 11) is 0. The van der Waals surface area contributed by atoms with Crippen LogP contribution < -0.4 is 5.73 Å². The lowest BCUT2D eigenvalue weighted by atomic mass is 10.3. The number of carbonyl (C=O) groups is 1. The molecule has 0 fully saturated rings. The van der Waals surface area contributed by atoms with Gasteiger partial charge in [0.15, 0.2) is 5.82 Å². The first-order chi connectivity index (χ1) is 8.19. The molecule has 1 heterocycles. The van der Waals surface area contributed by atoms with E-state index in [-0.39, 0.29) is 24.5 Å². The van der Waals surface area contributed by atoms with Gasteiger partial charge in [-0.15, -0.1) is 5.11 Å². The van der Waals surface area contributed by atoms with E-state index in [1.54, 1.807) is 0 Å². The molecule has 1 aromatic rings. The Hall–Kier alpha value is -2.06. The number of hydrogen-bond donors (Lipinski definition) is 2. The fourth-order valence-corrected chi connectivity index (χ4v) is 1.04. The molecule has 3 N–H and O–H groups in total. The van der Waals surface area contributed by atoms with Gasteiger partial charge < -0.3 is 5.73 Å². The van der Waals surface area contributed by atoms with Crippen LogP contribution in [0.1, 0.15) is 10.4 Å². The van der Waals surface area contributed by atoms with Crippen LogP contribution in [-0.2, 0) is 0 Å². The van der Waals surface area contributed by atoms with Crippen molar-refractivity contribution in [3.63, 3.8) is 0 Å². The first kappa shape index (κ1) is 13.0. The molecule has 1 aromatic heterocycles. The van der Waals surface area contributed by atoms with Crippen molar-refractivity contribution < 1.29 is 13.6 Å². The summed E-state index contributed by atoms with van der Waals surface area (Å²) in [6.45, 7) is -1.50. The Morgan fingerprint density at radius 1 is 1.47 bits per heavy atom. The van der Waals surface area contributed by atoms with Crippen LogP contribution in [0, 0.1) is 0 Å². The van der Waals surface area contributed by atoms with Crippen LogP contribution in [0.15, 0.2) is 16.5 Å². The quantitative estimate of drug-likeness (QED) is 0.548. The van der Waals surface area contributed by atoms with Gasteiger partial charge in [0.25, 0.3) is 5.91 Å². The van der Waals surface area contributed by atoms with Crippen LogP contribution in [0.2, 0.25) is 0 Å². The van der Waals surface area contributed by atoms with E-state index in [9.17, 15) is 13.6 Å². The number of nitrogens with one attached hydrogen (secondary N) is 1. The Kier molecular flexibility index (Phi) is 4.98. The molecular formula is C8H12F2N6O. The smallest absolute Gasteiger partial charge is 0.254 e. The molecule has 1 rings (SSSR count). The van der Waals surface area contributed by atoms with E-state index in [1.807, 2.05) is 0 Å². The third-order valence-electron chi connectivity index (χ3n) is 1.84. The summed E-state index contributed by atoms with van der Waals surface area (Å²) in [6, 6.07) is 0. The maximum Gasteiger partial charge on any atom is 0.254 e. The molecule has 0 saturated carbocycles. The summed E-state index contributed by atoms with van der Waals surface area (Å²) >= 11 is 0. The minimum atomic E-state index is -0.713. The highest BCUT2D eigenvalue weighted by Crippen LogP contribution is 2.14. The zero-order chi connectivity index (χ0) is 12.7. The van der Waals surface area contributed by atoms with E-state index in [0.29, 0.717) is 0 Å². The number of aromatic nitrogens is 2. The summed E-state index contributed by atoms with van der Waals surface area (Å²) in [5.74, 6) is -0.657. The Morgan fingerprint density at radius 3 is 2.65 bits per heavy atom. The number of halogens is 2. The number of H-pyrrole nitrogens is 1. The number of rotatable bonds is 7. The van der Waals surface area contributed by atoms with Gasteiger partial charge in [0.1, 0.15) is 18.9 Å². The highest BCUT2D eigenvalue weighted by molar-refractivity contribution is 5.96. The normalized spacial score (nSPS) is 10.9. The largest absolute Gasteiger partial charge is 0.365 e. The van der Waals surface area contributed by atoms with Gasteiger partial charge in [-0.3, -0.25) is 14.9 Å². The number of nitrogens with zero attached hydrogens (tertiary/aromatic N) is 4. The Bertz CT molecular complexity index is 387. The molecular weight excluding hydrogens is 234 g/mol. The second kappa shape index (κ2) is 6.51. The standard InChI is InChI=1S/C8H12F2N6O/c9-1-3-16(4-2-10)15-14-8-6(7(11)17)5-12-13-8/h5H,1-4H2,(H2,11,17)(H,12,13)/b15-14+. The topological polar surface area (TPSA) is 99.7 Å². The van der Waals surface area contributed by atoms with Gasteiger partial charge >= 0.3 is 0 Å². The van der Waals surface area contributed by atoms with Gasteiger partial charge in [-0.1, -0.05) is 5.22 Å². The number of hydrogen-bond acceptors (Lipinski definition) is 4. The average molecular weight is 246 g/mol. The van der Waals surface area contributed by atoms with Crippen LogP contribution in [0.3, 0.4) is 0 Å². The van der Waals surface area contributed by atoms with Crippen LogP contribution >= 0.6 is 0 Å². The molecule has 9 heteroatoms. The minimum Gasteiger partial charge on any atom is -0.365 e. The van der Waals surface area contributed by atoms with Crippen molar-refractivity contribution in [2.24, 2.45) is 16.1 Å². The third-order valence-corrected chi connectivity index (χ3v) is 1.84. The SMILES string of the molecule is NC(=O)c1cn[nH]c1/N=N/N(CCF)CCF. The average Bonchev–Trinajstić information content (AvgIpc) is 2.74. The van der Waals surface area contributed by atoms with Crippen LogP contribution in [0.25, 0.3) is 0 Å². The molecule has 0 atom stereocenters. The lowest BCUT2D eigenvalue weighted by Crippen LogP contribution is -2.22. The zero-order valence-corrected chi connectivity index (χ0v) is 8.94. The number of amides is 1. The van der Waals surface area contributed by atoms with E-state index < -0.39 is 19.3 Å². The van der Waals surface area contributed by atoms with E-state index in [1.165, 1.54) is 6.20 Å². The third kappa shape index (κ3) is 3.78. The summed E-state index contributed by atoms with van der Waals surface area (Å²) in [5, 5.41) is 14.3. The lowest BCUT2D eigenvalue weighted by Gasteiger charge is -2.12. The van der Waals surface area contributed by atoms with Crippen LogP contribution in [-0.4, -0.2) is 47.6 Å². The second-order valence-corrected chi connectivity index (χ2v) is 3.02. The molecule has 1 amide bonds. The first-order valence-electron chi connectivity index (χ1n) is 4.80. The monoisotopic (exact) mass is 246 g/mol. The minimum absolute atomic E-state index is 0.0558. The molecule has 0 unspecified atom stereocenters. The molecule has 0 aliphatic heterocycles. The molecule has 0 aromatic carbocycles. The van der Waals surface area contributed by atoms with Gasteiger partial charge in [-0.2, -0.15) is 5.10 Å². The molecule has 0 radical (unpaired) electrons. The fraction of sp³-hybridized carbons (Fsp3) is 0.500. The van der Waals surface area contributed by atoms with E-state index in [0.717, 1.165) is 5.01 Å². The molecule has 0 aliphatic carbocycles. The predicted octanol–water partition coefficient (Wildman–Crippen LogP) is 0.748. The Labute approximate surface area is 95.7 Å². The van der Waals surface area contributed by atoms with Gasteiger partial charge in [0.2, 0.25) is 0 Å². The Morgan fingerprint density at radius 2 is 2.12 bits per heavy atom. The summed E-state index contributed by atoms with van der Waals surface area (Å²) in [5.41, 5.74) is 5.11. The number of carbonyl (C=O) groups excluding carboxylic acids is 1. The molecule has 17 heavy (non-hydrogen) atoms. The molecule has 0 bridgehead atoms. The summed E-state index contributed by atoms with van der Waals surface area (Å²) in [6.07, 6.45) is 1.20. The van der Waals surface area contributed by atoms with Crippen molar-refractivity contribution in [2.75, 3.05) is 26.4 Å². The lowest BCUT2D eigenvalue weighted by molar-refractivity contribution is 0.100. The van der Waals surface area contributed by atoms with Gasteiger partial charge in [-0.25, -0.2) is 8.78 Å². The van der Waals surface area contributed by atoms with E-state index in [4.69, 9.17) is 5.73 Å². The van der Waals surface area contributed by atoms with Gasteiger partial charge in [0, 0.05) is 0 Å². The summed E-state index contributed by atoms with van der Waals surface area (Å²) < 4.78 is 24.2. The van der Waals surface area contributed by atoms with E-state index in [2.05, 4.69) is 20.5 Å². The summed E-state index contributed by atoms with van der Waals surface area (Å²) in [4.78, 5) is 10.9. The fourth-order valence-electron chi connectivity index (χ4n) is 1.04. The van der Waals surface area contributed by atoms with Crippen molar-refractivity contribution in [3.05, 3.63) is 11.8 Å². The number of primary amides is 1. The van der Waals surface area contributed by atoms with Gasteiger partial charge in [-0.05, 0) is 0 Å². The van der Waals surface area contributed by atoms with Gasteiger partial charge in [0.05, 0.1) is 19.3 Å².